The van der Waals surface area contributed by atoms with Gasteiger partial charge in [0.1, 0.15) is 23.0 Å². The van der Waals surface area contributed by atoms with Crippen molar-refractivity contribution in [3.63, 3.8) is 0 Å². The number of thiazole rings is 1. The molecular weight excluding hydrogens is 428 g/mol. The maximum Gasteiger partial charge on any atom is 0.419 e. The van der Waals surface area contributed by atoms with Crippen molar-refractivity contribution in [2.45, 2.75) is 46.3 Å². The summed E-state index contributed by atoms with van der Waals surface area (Å²) in [5, 5.41) is 10.9. The molecule has 8 heteroatoms. The Labute approximate surface area is 189 Å². The van der Waals surface area contributed by atoms with E-state index >= 15 is 0 Å². The molecule has 4 aromatic rings. The van der Waals surface area contributed by atoms with Gasteiger partial charge >= 0.3 is 12.1 Å². The van der Waals surface area contributed by atoms with E-state index in [0.717, 1.165) is 15.2 Å². The molecule has 0 amide bonds. The van der Waals surface area contributed by atoms with Crippen molar-refractivity contribution in [1.29, 1.82) is 0 Å². The summed E-state index contributed by atoms with van der Waals surface area (Å²) in [7, 11) is 0. The first-order valence-electron chi connectivity index (χ1n) is 10.2. The molecule has 0 spiro atoms. The predicted molar refractivity (Wildman–Crippen MR) is 124 cm³/mol. The summed E-state index contributed by atoms with van der Waals surface area (Å²) in [6.45, 7) is 7.39. The number of nitrogens with zero attached hydrogens (tertiary/aromatic N) is 2. The third-order valence-electron chi connectivity index (χ3n) is 4.91. The van der Waals surface area contributed by atoms with Gasteiger partial charge in [0.25, 0.3) is 0 Å². The highest BCUT2D eigenvalue weighted by Gasteiger charge is 2.25. The summed E-state index contributed by atoms with van der Waals surface area (Å²) in [6, 6.07) is 13.2. The number of rotatable bonds is 5. The van der Waals surface area contributed by atoms with Gasteiger partial charge in [0.2, 0.25) is 0 Å². The van der Waals surface area contributed by atoms with Crippen LogP contribution in [0.1, 0.15) is 37.0 Å². The molecule has 0 atom stereocenters. The van der Waals surface area contributed by atoms with Gasteiger partial charge in [0, 0.05) is 11.1 Å². The largest absolute Gasteiger partial charge is 0.486 e. The Morgan fingerprint density at radius 3 is 2.59 bits per heavy atom. The lowest BCUT2D eigenvalue weighted by atomic mass is 10.1. The minimum Gasteiger partial charge on any atom is -0.486 e. The normalized spacial score (nSPS) is 11.8. The molecule has 0 radical (unpaired) electrons. The van der Waals surface area contributed by atoms with Crippen LogP contribution < -0.4 is 4.74 Å². The minimum atomic E-state index is -0.975. The lowest BCUT2D eigenvalue weighted by Crippen LogP contribution is -2.27. The molecule has 0 saturated heterocycles. The molecule has 4 rings (SSSR count). The van der Waals surface area contributed by atoms with Crippen LogP contribution in [0.4, 0.5) is 4.79 Å². The molecule has 1 N–H and O–H groups in total. The zero-order valence-corrected chi connectivity index (χ0v) is 19.2. The van der Waals surface area contributed by atoms with Gasteiger partial charge in [-0.3, -0.25) is 4.79 Å². The van der Waals surface area contributed by atoms with Gasteiger partial charge in [-0.1, -0.05) is 12.1 Å². The van der Waals surface area contributed by atoms with Gasteiger partial charge in [-0.25, -0.2) is 14.3 Å². The summed E-state index contributed by atoms with van der Waals surface area (Å²) in [5.41, 5.74) is 1.94. The average Bonchev–Trinajstić information content (AvgIpc) is 3.23. The fourth-order valence-electron chi connectivity index (χ4n) is 3.60. The number of carbonyl (C=O) groups is 2. The average molecular weight is 453 g/mol. The Kier molecular flexibility index (Phi) is 5.64. The third kappa shape index (κ3) is 4.45. The number of carboxylic acid groups (broad SMARTS) is 1. The van der Waals surface area contributed by atoms with E-state index in [0.29, 0.717) is 34.5 Å². The van der Waals surface area contributed by atoms with E-state index < -0.39 is 17.7 Å². The Morgan fingerprint density at radius 2 is 1.91 bits per heavy atom. The first-order chi connectivity index (χ1) is 15.1. The van der Waals surface area contributed by atoms with Crippen LogP contribution >= 0.6 is 11.3 Å². The monoisotopic (exact) mass is 452 g/mol. The summed E-state index contributed by atoms with van der Waals surface area (Å²) < 4.78 is 14.0. The number of fused-ring (bicyclic) bond motifs is 2. The van der Waals surface area contributed by atoms with Crippen molar-refractivity contribution < 1.29 is 24.2 Å². The highest BCUT2D eigenvalue weighted by atomic mass is 32.1. The van der Waals surface area contributed by atoms with Crippen LogP contribution in [0.2, 0.25) is 0 Å². The fourth-order valence-corrected chi connectivity index (χ4v) is 4.48. The number of ether oxygens (including phenoxy) is 2. The summed E-state index contributed by atoms with van der Waals surface area (Å²) in [4.78, 5) is 28.9. The molecular formula is C24H24N2O5S. The van der Waals surface area contributed by atoms with Crippen LogP contribution in [0.5, 0.6) is 5.75 Å². The number of carbonyl (C=O) groups excluding carboxylic acids is 1. The molecule has 7 nitrogen and oxygen atoms in total. The SMILES string of the molecule is Cc1c(CC(=O)O)c2cc(OCc3nc4ccccc4s3)ccc2n1C(=O)OC(C)(C)C. The molecule has 0 aliphatic rings. The summed E-state index contributed by atoms with van der Waals surface area (Å²) >= 11 is 1.57. The third-order valence-corrected chi connectivity index (χ3v) is 5.92. The second-order valence-corrected chi connectivity index (χ2v) is 9.61. The van der Waals surface area contributed by atoms with Crippen molar-refractivity contribution >= 4 is 44.5 Å². The lowest BCUT2D eigenvalue weighted by Gasteiger charge is -2.20. The number of aromatic nitrogens is 2. The molecule has 0 unspecified atom stereocenters. The molecule has 0 bridgehead atoms. The minimum absolute atomic E-state index is 0.209. The zero-order chi connectivity index (χ0) is 23.0. The van der Waals surface area contributed by atoms with E-state index in [1.807, 2.05) is 24.3 Å². The number of carboxylic acids is 1. The number of para-hydroxylation sites is 1. The first kappa shape index (κ1) is 21.8. The van der Waals surface area contributed by atoms with Crippen molar-refractivity contribution in [3.8, 4) is 5.75 Å². The topological polar surface area (TPSA) is 90.6 Å². The fraction of sp³-hybridized carbons (Fsp3) is 0.292. The Balaban J connectivity index is 1.68. The molecule has 32 heavy (non-hydrogen) atoms. The van der Waals surface area contributed by atoms with Crippen LogP contribution in [0.25, 0.3) is 21.1 Å². The zero-order valence-electron chi connectivity index (χ0n) is 18.3. The van der Waals surface area contributed by atoms with Crippen LogP contribution in [-0.2, 0) is 22.6 Å². The smallest absolute Gasteiger partial charge is 0.419 e. The van der Waals surface area contributed by atoms with Gasteiger partial charge in [-0.05, 0) is 63.6 Å². The summed E-state index contributed by atoms with van der Waals surface area (Å²) in [6.07, 6.45) is -0.751. The molecule has 0 fully saturated rings. The first-order valence-corrected chi connectivity index (χ1v) is 11.0. The van der Waals surface area contributed by atoms with E-state index in [1.54, 1.807) is 57.2 Å². The van der Waals surface area contributed by atoms with E-state index in [1.165, 1.54) is 4.57 Å². The van der Waals surface area contributed by atoms with Crippen molar-refractivity contribution in [3.05, 3.63) is 58.7 Å². The molecule has 0 aliphatic carbocycles. The molecule has 166 valence electrons. The quantitative estimate of drug-likeness (QED) is 0.427. The number of benzene rings is 2. The van der Waals surface area contributed by atoms with Gasteiger partial charge in [-0.15, -0.1) is 11.3 Å². The summed E-state index contributed by atoms with van der Waals surface area (Å²) in [5.74, 6) is -0.401. The Bertz CT molecular complexity index is 1300. The number of hydrogen-bond donors (Lipinski definition) is 1. The van der Waals surface area contributed by atoms with Crippen molar-refractivity contribution in [1.82, 2.24) is 9.55 Å². The molecule has 0 saturated carbocycles. The highest BCUT2D eigenvalue weighted by molar-refractivity contribution is 7.18. The predicted octanol–water partition coefficient (Wildman–Crippen LogP) is 5.55. The van der Waals surface area contributed by atoms with Crippen LogP contribution in [-0.4, -0.2) is 32.3 Å². The van der Waals surface area contributed by atoms with Crippen LogP contribution in [0.15, 0.2) is 42.5 Å². The van der Waals surface area contributed by atoms with Crippen molar-refractivity contribution in [2.75, 3.05) is 0 Å². The maximum absolute atomic E-state index is 12.8. The molecule has 2 aromatic carbocycles. The second kappa shape index (κ2) is 8.27. The van der Waals surface area contributed by atoms with Gasteiger partial charge < -0.3 is 14.6 Å². The van der Waals surface area contributed by atoms with Gasteiger partial charge in [-0.2, -0.15) is 0 Å². The highest BCUT2D eigenvalue weighted by Crippen LogP contribution is 2.31. The van der Waals surface area contributed by atoms with E-state index in [-0.39, 0.29) is 6.42 Å². The Morgan fingerprint density at radius 1 is 1.16 bits per heavy atom. The molecule has 2 aromatic heterocycles. The van der Waals surface area contributed by atoms with E-state index in [2.05, 4.69) is 4.98 Å². The van der Waals surface area contributed by atoms with E-state index in [9.17, 15) is 14.7 Å². The molecule has 0 aliphatic heterocycles. The maximum atomic E-state index is 12.8. The number of aliphatic carboxylic acids is 1. The second-order valence-electron chi connectivity index (χ2n) is 8.49. The van der Waals surface area contributed by atoms with E-state index in [4.69, 9.17) is 9.47 Å². The van der Waals surface area contributed by atoms with Crippen molar-refractivity contribution in [2.24, 2.45) is 0 Å². The Hall–Kier alpha value is -3.39. The van der Waals surface area contributed by atoms with Crippen LogP contribution in [0, 0.1) is 6.92 Å². The standard InChI is InChI=1S/C24H24N2O5S/c1-14-16(12-22(27)28)17-11-15(9-10-19(17)26(14)23(29)31-24(2,3)4)30-13-21-25-18-7-5-6-8-20(18)32-21/h5-11H,12-13H2,1-4H3,(H,27,28). The van der Waals surface area contributed by atoms with Crippen LogP contribution in [0.3, 0.4) is 0 Å². The van der Waals surface area contributed by atoms with Gasteiger partial charge in [0.05, 0.1) is 22.2 Å². The molecule has 2 heterocycles. The number of hydrogen-bond acceptors (Lipinski definition) is 6. The van der Waals surface area contributed by atoms with Gasteiger partial charge in [0.15, 0.2) is 0 Å². The lowest BCUT2D eigenvalue weighted by molar-refractivity contribution is -0.136.